The van der Waals surface area contributed by atoms with E-state index >= 15 is 0 Å². The van der Waals surface area contributed by atoms with Gasteiger partial charge < -0.3 is 19.9 Å². The Morgan fingerprint density at radius 3 is 2.64 bits per heavy atom. The second-order valence-electron chi connectivity index (χ2n) is 7.34. The highest BCUT2D eigenvalue weighted by atomic mass is 35.5. The standard InChI is InChI=1S/C22H28ClN3OS/c1-16-7-6-9-19(21(16)23)24-22(28)26(18-11-13-25(2)14-12-18)15-17-8-4-5-10-20(17)27-3/h4-10,18H,11-15H2,1-3H3,(H,24,28). The number of para-hydroxylation sites is 1. The molecule has 4 nitrogen and oxygen atoms in total. The smallest absolute Gasteiger partial charge is 0.174 e. The van der Waals surface area contributed by atoms with Gasteiger partial charge in [-0.3, -0.25) is 0 Å². The fourth-order valence-electron chi connectivity index (χ4n) is 3.62. The van der Waals surface area contributed by atoms with E-state index in [-0.39, 0.29) is 0 Å². The largest absolute Gasteiger partial charge is 0.496 e. The zero-order valence-electron chi connectivity index (χ0n) is 16.7. The molecule has 2 aromatic rings. The summed E-state index contributed by atoms with van der Waals surface area (Å²) in [7, 11) is 3.88. The van der Waals surface area contributed by atoms with Gasteiger partial charge in [0, 0.05) is 18.2 Å². The number of piperidine rings is 1. The monoisotopic (exact) mass is 417 g/mol. The molecule has 0 unspecified atom stereocenters. The molecule has 0 bridgehead atoms. The molecule has 1 aliphatic rings. The highest BCUT2D eigenvalue weighted by Gasteiger charge is 2.26. The van der Waals surface area contributed by atoms with Crippen LogP contribution < -0.4 is 10.1 Å². The lowest BCUT2D eigenvalue weighted by Crippen LogP contribution is -2.47. The van der Waals surface area contributed by atoms with Gasteiger partial charge in [0.1, 0.15) is 5.75 Å². The Morgan fingerprint density at radius 1 is 1.21 bits per heavy atom. The van der Waals surface area contributed by atoms with Crippen molar-refractivity contribution in [2.45, 2.75) is 32.4 Å². The Labute approximate surface area is 178 Å². The zero-order valence-corrected chi connectivity index (χ0v) is 18.3. The lowest BCUT2D eigenvalue weighted by Gasteiger charge is -2.39. The lowest BCUT2D eigenvalue weighted by molar-refractivity contribution is 0.173. The zero-order chi connectivity index (χ0) is 20.1. The minimum absolute atomic E-state index is 0.379. The summed E-state index contributed by atoms with van der Waals surface area (Å²) in [6.07, 6.45) is 2.16. The van der Waals surface area contributed by atoms with Crippen LogP contribution in [0.15, 0.2) is 42.5 Å². The molecule has 0 atom stereocenters. The number of thiocarbonyl (C=S) groups is 1. The van der Waals surface area contributed by atoms with Gasteiger partial charge in [-0.25, -0.2) is 0 Å². The summed E-state index contributed by atoms with van der Waals surface area (Å²) in [5, 5.41) is 4.80. The van der Waals surface area contributed by atoms with E-state index < -0.39 is 0 Å². The van der Waals surface area contributed by atoms with Crippen LogP contribution in [0.4, 0.5) is 5.69 Å². The average Bonchev–Trinajstić information content (AvgIpc) is 2.70. The molecular weight excluding hydrogens is 390 g/mol. The van der Waals surface area contributed by atoms with Gasteiger partial charge in [0.05, 0.1) is 17.8 Å². The van der Waals surface area contributed by atoms with Crippen molar-refractivity contribution in [2.24, 2.45) is 0 Å². The van der Waals surface area contributed by atoms with Crippen LogP contribution in [-0.2, 0) is 6.54 Å². The first-order chi connectivity index (χ1) is 13.5. The van der Waals surface area contributed by atoms with Crippen molar-refractivity contribution in [3.63, 3.8) is 0 Å². The molecule has 0 saturated carbocycles. The van der Waals surface area contributed by atoms with E-state index in [2.05, 4.69) is 28.2 Å². The van der Waals surface area contributed by atoms with E-state index in [0.717, 1.165) is 48.5 Å². The summed E-state index contributed by atoms with van der Waals surface area (Å²) >= 11 is 12.3. The highest BCUT2D eigenvalue weighted by Crippen LogP contribution is 2.28. The molecule has 6 heteroatoms. The van der Waals surface area contributed by atoms with Crippen molar-refractivity contribution in [1.82, 2.24) is 9.80 Å². The van der Waals surface area contributed by atoms with Gasteiger partial charge in [-0.15, -0.1) is 0 Å². The number of nitrogens with one attached hydrogen (secondary N) is 1. The Kier molecular flexibility index (Phi) is 7.16. The van der Waals surface area contributed by atoms with Gasteiger partial charge in [-0.2, -0.15) is 0 Å². The molecule has 0 aromatic heterocycles. The number of likely N-dealkylation sites (tertiary alicyclic amines) is 1. The molecule has 3 rings (SSSR count). The van der Waals surface area contributed by atoms with Crippen LogP contribution in [-0.4, -0.2) is 48.2 Å². The molecule has 150 valence electrons. The van der Waals surface area contributed by atoms with Crippen LogP contribution in [0.25, 0.3) is 0 Å². The fraction of sp³-hybridized carbons (Fsp3) is 0.409. The number of methoxy groups -OCH3 is 1. The lowest BCUT2D eigenvalue weighted by atomic mass is 10.0. The molecule has 0 aliphatic carbocycles. The van der Waals surface area contributed by atoms with Gasteiger partial charge in [0.25, 0.3) is 0 Å². The molecule has 1 fully saturated rings. The molecule has 28 heavy (non-hydrogen) atoms. The topological polar surface area (TPSA) is 27.7 Å². The summed E-state index contributed by atoms with van der Waals surface area (Å²) in [6.45, 7) is 4.84. The Morgan fingerprint density at radius 2 is 1.93 bits per heavy atom. The maximum atomic E-state index is 6.49. The minimum Gasteiger partial charge on any atom is -0.496 e. The molecule has 1 heterocycles. The Bertz CT molecular complexity index is 821. The number of hydrogen-bond acceptors (Lipinski definition) is 3. The summed E-state index contributed by atoms with van der Waals surface area (Å²) in [4.78, 5) is 4.66. The van der Waals surface area contributed by atoms with E-state index in [0.29, 0.717) is 22.7 Å². The first kappa shape index (κ1) is 20.9. The van der Waals surface area contributed by atoms with Crippen molar-refractivity contribution < 1.29 is 4.74 Å². The predicted octanol–water partition coefficient (Wildman–Crippen LogP) is 4.95. The number of benzene rings is 2. The second-order valence-corrected chi connectivity index (χ2v) is 8.11. The molecule has 1 saturated heterocycles. The van der Waals surface area contributed by atoms with E-state index in [1.807, 2.05) is 43.3 Å². The summed E-state index contributed by atoms with van der Waals surface area (Å²) in [5.41, 5.74) is 3.01. The number of halogens is 1. The van der Waals surface area contributed by atoms with E-state index in [9.17, 15) is 0 Å². The molecule has 0 radical (unpaired) electrons. The van der Waals surface area contributed by atoms with Crippen LogP contribution >= 0.6 is 23.8 Å². The van der Waals surface area contributed by atoms with Crippen LogP contribution in [0.2, 0.25) is 5.02 Å². The van der Waals surface area contributed by atoms with E-state index in [4.69, 9.17) is 28.6 Å². The minimum atomic E-state index is 0.379. The normalized spacial score (nSPS) is 15.3. The van der Waals surface area contributed by atoms with E-state index in [1.54, 1.807) is 7.11 Å². The number of hydrogen-bond donors (Lipinski definition) is 1. The van der Waals surface area contributed by atoms with Crippen LogP contribution in [0.3, 0.4) is 0 Å². The molecule has 2 aromatic carbocycles. The summed E-state index contributed by atoms with van der Waals surface area (Å²) in [6, 6.07) is 14.5. The molecule has 0 amide bonds. The molecular formula is C22H28ClN3OS. The SMILES string of the molecule is COc1ccccc1CN(C(=S)Nc1cccc(C)c1Cl)C1CCN(C)CC1. The third kappa shape index (κ3) is 4.96. The maximum Gasteiger partial charge on any atom is 0.174 e. The van der Waals surface area contributed by atoms with Crippen LogP contribution in [0.5, 0.6) is 5.75 Å². The van der Waals surface area contributed by atoms with Crippen molar-refractivity contribution in [3.8, 4) is 5.75 Å². The van der Waals surface area contributed by atoms with Gasteiger partial charge in [-0.05, 0) is 69.8 Å². The van der Waals surface area contributed by atoms with Gasteiger partial charge in [-0.1, -0.05) is 41.9 Å². The summed E-state index contributed by atoms with van der Waals surface area (Å²) < 4.78 is 5.56. The van der Waals surface area contributed by atoms with Crippen LogP contribution in [0.1, 0.15) is 24.0 Å². The second kappa shape index (κ2) is 9.59. The summed E-state index contributed by atoms with van der Waals surface area (Å²) in [5.74, 6) is 0.886. The first-order valence-electron chi connectivity index (χ1n) is 9.62. The molecule has 1 aliphatic heterocycles. The first-order valence-corrected chi connectivity index (χ1v) is 10.4. The van der Waals surface area contributed by atoms with Crippen molar-refractivity contribution in [3.05, 3.63) is 58.6 Å². The Hall–Kier alpha value is -1.82. The Balaban J connectivity index is 1.84. The van der Waals surface area contributed by atoms with Gasteiger partial charge in [0.15, 0.2) is 5.11 Å². The predicted molar refractivity (Wildman–Crippen MR) is 121 cm³/mol. The third-order valence-electron chi connectivity index (χ3n) is 5.36. The molecule has 0 spiro atoms. The van der Waals surface area contributed by atoms with Crippen molar-refractivity contribution in [1.29, 1.82) is 0 Å². The van der Waals surface area contributed by atoms with Crippen molar-refractivity contribution in [2.75, 3.05) is 32.6 Å². The maximum absolute atomic E-state index is 6.49. The van der Waals surface area contributed by atoms with Crippen molar-refractivity contribution >= 4 is 34.6 Å². The van der Waals surface area contributed by atoms with Crippen LogP contribution in [0, 0.1) is 6.92 Å². The number of ether oxygens (including phenoxy) is 1. The number of anilines is 1. The van der Waals surface area contributed by atoms with Gasteiger partial charge in [0.2, 0.25) is 0 Å². The molecule has 1 N–H and O–H groups in total. The fourth-order valence-corrected chi connectivity index (χ4v) is 4.12. The average molecular weight is 418 g/mol. The quantitative estimate of drug-likeness (QED) is 0.695. The number of rotatable bonds is 5. The number of nitrogens with zero attached hydrogens (tertiary/aromatic N) is 2. The van der Waals surface area contributed by atoms with E-state index in [1.165, 1.54) is 0 Å². The van der Waals surface area contributed by atoms with Gasteiger partial charge >= 0.3 is 0 Å². The number of aryl methyl sites for hydroxylation is 1. The highest BCUT2D eigenvalue weighted by molar-refractivity contribution is 7.80. The third-order valence-corrected chi connectivity index (χ3v) is 6.19.